The lowest BCUT2D eigenvalue weighted by Gasteiger charge is -2.27. The summed E-state index contributed by atoms with van der Waals surface area (Å²) in [6.45, 7) is 7.89. The van der Waals surface area contributed by atoms with Crippen LogP contribution in [0.1, 0.15) is 25.8 Å². The van der Waals surface area contributed by atoms with Crippen LogP contribution in [0.5, 0.6) is 5.06 Å². The van der Waals surface area contributed by atoms with Gasteiger partial charge in [0.25, 0.3) is 0 Å². The maximum Gasteiger partial charge on any atom is 0.414 e. The zero-order valence-corrected chi connectivity index (χ0v) is 21.7. The van der Waals surface area contributed by atoms with Crippen molar-refractivity contribution in [2.75, 3.05) is 36.9 Å². The molecule has 1 fully saturated rings. The van der Waals surface area contributed by atoms with E-state index in [9.17, 15) is 9.59 Å². The minimum absolute atomic E-state index is 0.346. The van der Waals surface area contributed by atoms with Gasteiger partial charge in [0.2, 0.25) is 5.91 Å². The summed E-state index contributed by atoms with van der Waals surface area (Å²) in [6, 6.07) is 9.22. The molecule has 0 bridgehead atoms. The van der Waals surface area contributed by atoms with Crippen molar-refractivity contribution in [1.82, 2.24) is 10.2 Å². The smallest absolute Gasteiger partial charge is 0.399 e. The van der Waals surface area contributed by atoms with Crippen molar-refractivity contribution in [2.24, 2.45) is 0 Å². The molecule has 0 radical (unpaired) electrons. The van der Waals surface area contributed by atoms with E-state index >= 15 is 0 Å². The third-order valence-electron chi connectivity index (χ3n) is 5.10. The maximum absolute atomic E-state index is 12.8. The SMILES string of the molecule is Cc1cc(NC(=O)C(C)(C)NC(=O)Oc2ccc(Br)s2)ccc1N1CCCN(C)CC1=S. The van der Waals surface area contributed by atoms with Gasteiger partial charge in [-0.3, -0.25) is 9.69 Å². The molecule has 1 aliphatic heterocycles. The van der Waals surface area contributed by atoms with Crippen molar-refractivity contribution in [1.29, 1.82) is 0 Å². The number of likely N-dealkylation sites (N-methyl/N-ethyl adjacent to an activating group) is 1. The molecule has 172 valence electrons. The topological polar surface area (TPSA) is 73.9 Å². The van der Waals surface area contributed by atoms with Gasteiger partial charge in [-0.1, -0.05) is 23.6 Å². The number of benzene rings is 1. The first-order chi connectivity index (χ1) is 15.0. The Morgan fingerprint density at radius 3 is 2.62 bits per heavy atom. The fourth-order valence-corrected chi connectivity index (χ4v) is 4.98. The van der Waals surface area contributed by atoms with Gasteiger partial charge < -0.3 is 20.3 Å². The molecule has 0 spiro atoms. The lowest BCUT2D eigenvalue weighted by Crippen LogP contribution is -2.53. The van der Waals surface area contributed by atoms with Crippen LogP contribution in [-0.4, -0.2) is 54.1 Å². The van der Waals surface area contributed by atoms with Gasteiger partial charge >= 0.3 is 6.09 Å². The molecule has 2 N–H and O–H groups in total. The zero-order chi connectivity index (χ0) is 23.5. The fourth-order valence-electron chi connectivity index (χ4n) is 3.38. The number of anilines is 2. The van der Waals surface area contributed by atoms with Crippen LogP contribution in [0, 0.1) is 6.92 Å². The second-order valence-electron chi connectivity index (χ2n) is 8.29. The van der Waals surface area contributed by atoms with E-state index < -0.39 is 11.6 Å². The number of amides is 2. The van der Waals surface area contributed by atoms with Gasteiger partial charge in [-0.25, -0.2) is 4.79 Å². The molecule has 1 aromatic carbocycles. The van der Waals surface area contributed by atoms with E-state index in [1.54, 1.807) is 26.0 Å². The summed E-state index contributed by atoms with van der Waals surface area (Å²) in [4.78, 5) is 30.3. The minimum atomic E-state index is -1.17. The summed E-state index contributed by atoms with van der Waals surface area (Å²) in [5.41, 5.74) is 1.55. The van der Waals surface area contributed by atoms with Crippen LogP contribution in [0.15, 0.2) is 34.1 Å². The summed E-state index contributed by atoms with van der Waals surface area (Å²) < 4.78 is 6.09. The van der Waals surface area contributed by atoms with Crippen molar-refractivity contribution in [2.45, 2.75) is 32.7 Å². The monoisotopic (exact) mass is 538 g/mol. The van der Waals surface area contributed by atoms with Crippen LogP contribution in [0.4, 0.5) is 16.2 Å². The van der Waals surface area contributed by atoms with Crippen molar-refractivity contribution < 1.29 is 14.3 Å². The lowest BCUT2D eigenvalue weighted by molar-refractivity contribution is -0.121. The number of nitrogens with one attached hydrogen (secondary N) is 2. The maximum atomic E-state index is 12.8. The molecule has 1 aromatic heterocycles. The van der Waals surface area contributed by atoms with E-state index in [0.29, 0.717) is 10.8 Å². The summed E-state index contributed by atoms with van der Waals surface area (Å²) >= 11 is 10.2. The Kier molecular flexibility index (Phi) is 7.92. The van der Waals surface area contributed by atoms with Gasteiger partial charge in [0.1, 0.15) is 5.54 Å². The Morgan fingerprint density at radius 1 is 1.22 bits per heavy atom. The van der Waals surface area contributed by atoms with Crippen molar-refractivity contribution >= 4 is 67.8 Å². The number of aryl methyl sites for hydroxylation is 1. The number of hydrogen-bond acceptors (Lipinski definition) is 6. The predicted octanol–water partition coefficient (Wildman–Crippen LogP) is 4.79. The highest BCUT2D eigenvalue weighted by Crippen LogP contribution is 2.29. The standard InChI is InChI=1S/C22H27BrN4O3S2/c1-14-12-15(6-7-16(14)27-11-5-10-26(4)13-18(27)31)24-20(28)22(2,3)25-21(29)30-19-9-8-17(23)32-19/h6-9,12H,5,10-11,13H2,1-4H3,(H,24,28)(H,25,29). The normalized spacial score (nSPS) is 15.3. The first-order valence-corrected chi connectivity index (χ1v) is 12.2. The molecule has 2 heterocycles. The van der Waals surface area contributed by atoms with Crippen LogP contribution >= 0.6 is 39.5 Å². The van der Waals surface area contributed by atoms with Crippen molar-refractivity contribution in [3.05, 3.63) is 39.7 Å². The van der Waals surface area contributed by atoms with Crippen molar-refractivity contribution in [3.63, 3.8) is 0 Å². The van der Waals surface area contributed by atoms with Crippen molar-refractivity contribution in [3.8, 4) is 5.06 Å². The Balaban J connectivity index is 1.64. The quantitative estimate of drug-likeness (QED) is 0.533. The van der Waals surface area contributed by atoms with E-state index in [1.807, 2.05) is 25.1 Å². The molecule has 32 heavy (non-hydrogen) atoms. The van der Waals surface area contributed by atoms with E-state index in [2.05, 4.69) is 43.4 Å². The highest BCUT2D eigenvalue weighted by molar-refractivity contribution is 9.11. The Bertz CT molecular complexity index is 1020. The number of nitrogens with zero attached hydrogens (tertiary/aromatic N) is 2. The first kappa shape index (κ1) is 24.6. The molecule has 0 aliphatic carbocycles. The molecule has 1 saturated heterocycles. The highest BCUT2D eigenvalue weighted by atomic mass is 79.9. The number of thiocarbonyl (C=S) groups is 1. The predicted molar refractivity (Wildman–Crippen MR) is 137 cm³/mol. The Labute approximate surface area is 206 Å². The molecule has 0 atom stereocenters. The number of rotatable bonds is 5. The minimum Gasteiger partial charge on any atom is -0.399 e. The molecular formula is C22H27BrN4O3S2. The highest BCUT2D eigenvalue weighted by Gasteiger charge is 2.31. The fraction of sp³-hybridized carbons (Fsp3) is 0.409. The molecule has 1 aliphatic rings. The first-order valence-electron chi connectivity index (χ1n) is 10.2. The molecule has 3 rings (SSSR count). The summed E-state index contributed by atoms with van der Waals surface area (Å²) in [5.74, 6) is -0.346. The number of halogens is 1. The van der Waals surface area contributed by atoms with Crippen LogP contribution in [-0.2, 0) is 4.79 Å². The van der Waals surface area contributed by atoms with Crippen LogP contribution in [0.2, 0.25) is 0 Å². The van der Waals surface area contributed by atoms with E-state index in [1.165, 1.54) is 11.3 Å². The van der Waals surface area contributed by atoms with Gasteiger partial charge in [-0.05, 0) is 92.6 Å². The average Bonchev–Trinajstić information content (AvgIpc) is 3.01. The van der Waals surface area contributed by atoms with Gasteiger partial charge in [0.15, 0.2) is 5.06 Å². The van der Waals surface area contributed by atoms with Gasteiger partial charge in [0, 0.05) is 24.5 Å². The summed E-state index contributed by atoms with van der Waals surface area (Å²) in [6.07, 6.45) is 0.345. The Morgan fingerprint density at radius 2 is 1.97 bits per heavy atom. The van der Waals surface area contributed by atoms with Crippen LogP contribution in [0.25, 0.3) is 0 Å². The molecule has 2 amide bonds. The Hall–Kier alpha value is -2.01. The van der Waals surface area contributed by atoms with Gasteiger partial charge in [-0.2, -0.15) is 0 Å². The van der Waals surface area contributed by atoms with Gasteiger partial charge in [0.05, 0.1) is 8.77 Å². The van der Waals surface area contributed by atoms with Gasteiger partial charge in [-0.15, -0.1) is 0 Å². The van der Waals surface area contributed by atoms with Crippen LogP contribution < -0.4 is 20.3 Å². The lowest BCUT2D eigenvalue weighted by atomic mass is 10.0. The van der Waals surface area contributed by atoms with Crippen LogP contribution in [0.3, 0.4) is 0 Å². The molecule has 0 saturated carbocycles. The zero-order valence-electron chi connectivity index (χ0n) is 18.5. The van der Waals surface area contributed by atoms with E-state index in [0.717, 1.165) is 46.1 Å². The molecule has 10 heteroatoms. The second kappa shape index (κ2) is 10.3. The molecular weight excluding hydrogens is 512 g/mol. The number of carbonyl (C=O) groups excluding carboxylic acids is 2. The summed E-state index contributed by atoms with van der Waals surface area (Å²) in [5, 5.41) is 5.94. The average molecular weight is 540 g/mol. The number of carbonyl (C=O) groups is 2. The van der Waals surface area contributed by atoms with E-state index in [-0.39, 0.29) is 5.91 Å². The third-order valence-corrected chi connectivity index (χ3v) is 6.95. The third kappa shape index (κ3) is 6.28. The number of hydrogen-bond donors (Lipinski definition) is 2. The summed E-state index contributed by atoms with van der Waals surface area (Å²) in [7, 11) is 2.08. The molecule has 0 unspecified atom stereocenters. The number of thiophene rings is 1. The largest absolute Gasteiger partial charge is 0.414 e. The molecule has 2 aromatic rings. The molecule has 7 nitrogen and oxygen atoms in total. The second-order valence-corrected chi connectivity index (χ2v) is 11.2. The number of ether oxygens (including phenoxy) is 1. The van der Waals surface area contributed by atoms with E-state index in [4.69, 9.17) is 17.0 Å².